The van der Waals surface area contributed by atoms with E-state index in [9.17, 15) is 9.59 Å². The van der Waals surface area contributed by atoms with Gasteiger partial charge in [-0.25, -0.2) is 9.59 Å². The van der Waals surface area contributed by atoms with E-state index in [0.717, 1.165) is 12.2 Å². The van der Waals surface area contributed by atoms with E-state index in [1.54, 1.807) is 24.3 Å². The van der Waals surface area contributed by atoms with Crippen molar-refractivity contribution in [2.45, 2.75) is 51.4 Å². The minimum atomic E-state index is -0.751. The number of fused-ring (bicyclic) bond motifs is 1. The summed E-state index contributed by atoms with van der Waals surface area (Å²) in [5.41, 5.74) is 3.56. The molecule has 6 nitrogen and oxygen atoms in total. The highest BCUT2D eigenvalue weighted by atomic mass is 16.5. The standard InChI is InChI=1S/C28H34O6/c1-27(2)13-14-28(3,4)24-18-21(11-12-23(24)27)34-16-15-33-20-9-7-19(8-10-20)17-22(25(29)31-5)26(30)32-6/h7-12,17-18H,13-16H2,1-6H3. The van der Waals surface area contributed by atoms with Crippen LogP contribution in [0.3, 0.4) is 0 Å². The number of rotatable bonds is 8. The van der Waals surface area contributed by atoms with Crippen molar-refractivity contribution in [3.63, 3.8) is 0 Å². The lowest BCUT2D eigenvalue weighted by Gasteiger charge is -2.41. The molecule has 1 aliphatic rings. The Labute approximate surface area is 201 Å². The first-order valence-electron chi connectivity index (χ1n) is 11.5. The number of benzene rings is 2. The van der Waals surface area contributed by atoms with Gasteiger partial charge in [0.2, 0.25) is 0 Å². The number of esters is 2. The van der Waals surface area contributed by atoms with Crippen LogP contribution >= 0.6 is 0 Å². The van der Waals surface area contributed by atoms with Crippen LogP contribution < -0.4 is 9.47 Å². The highest BCUT2D eigenvalue weighted by molar-refractivity contribution is 6.17. The van der Waals surface area contributed by atoms with E-state index in [2.05, 4.69) is 49.3 Å². The summed E-state index contributed by atoms with van der Waals surface area (Å²) in [6.07, 6.45) is 3.76. The molecule has 0 fully saturated rings. The predicted molar refractivity (Wildman–Crippen MR) is 131 cm³/mol. The minimum absolute atomic E-state index is 0.137. The maximum atomic E-state index is 11.8. The lowest BCUT2D eigenvalue weighted by atomic mass is 9.63. The molecule has 34 heavy (non-hydrogen) atoms. The van der Waals surface area contributed by atoms with Gasteiger partial charge < -0.3 is 18.9 Å². The van der Waals surface area contributed by atoms with Crippen molar-refractivity contribution in [2.24, 2.45) is 0 Å². The van der Waals surface area contributed by atoms with Crippen molar-refractivity contribution >= 4 is 18.0 Å². The summed E-state index contributed by atoms with van der Waals surface area (Å²) in [5.74, 6) is 0.00966. The summed E-state index contributed by atoms with van der Waals surface area (Å²) in [5, 5.41) is 0. The van der Waals surface area contributed by atoms with Crippen molar-refractivity contribution in [2.75, 3.05) is 27.4 Å². The van der Waals surface area contributed by atoms with E-state index in [0.29, 0.717) is 24.5 Å². The second kappa shape index (κ2) is 10.3. The highest BCUT2D eigenvalue weighted by Crippen LogP contribution is 2.46. The fourth-order valence-electron chi connectivity index (χ4n) is 4.22. The molecule has 0 N–H and O–H groups in total. The Morgan fingerprint density at radius 3 is 1.82 bits per heavy atom. The molecular weight excluding hydrogens is 432 g/mol. The molecule has 0 heterocycles. The maximum Gasteiger partial charge on any atom is 0.345 e. The van der Waals surface area contributed by atoms with Crippen molar-refractivity contribution in [1.29, 1.82) is 0 Å². The molecule has 0 spiro atoms. The van der Waals surface area contributed by atoms with Gasteiger partial charge in [-0.1, -0.05) is 45.9 Å². The molecule has 0 amide bonds. The van der Waals surface area contributed by atoms with Crippen LogP contribution in [0.1, 0.15) is 57.2 Å². The van der Waals surface area contributed by atoms with Gasteiger partial charge in [-0.3, -0.25) is 0 Å². The number of methoxy groups -OCH3 is 2. The first-order valence-corrected chi connectivity index (χ1v) is 11.5. The van der Waals surface area contributed by atoms with Crippen molar-refractivity contribution in [3.05, 3.63) is 64.7 Å². The zero-order chi connectivity index (χ0) is 24.9. The lowest BCUT2D eigenvalue weighted by Crippen LogP contribution is -2.33. The molecule has 0 saturated heterocycles. The van der Waals surface area contributed by atoms with Crippen molar-refractivity contribution in [1.82, 2.24) is 0 Å². The third-order valence-corrected chi connectivity index (χ3v) is 6.45. The Morgan fingerprint density at radius 1 is 0.765 bits per heavy atom. The maximum absolute atomic E-state index is 11.8. The number of carbonyl (C=O) groups is 2. The number of carbonyl (C=O) groups excluding carboxylic acids is 2. The Morgan fingerprint density at radius 2 is 1.26 bits per heavy atom. The van der Waals surface area contributed by atoms with Crippen molar-refractivity contribution in [3.8, 4) is 11.5 Å². The van der Waals surface area contributed by atoms with Crippen LogP contribution in [0.25, 0.3) is 6.08 Å². The zero-order valence-corrected chi connectivity index (χ0v) is 20.9. The molecule has 0 radical (unpaired) electrons. The normalized spacial score (nSPS) is 15.5. The first kappa shape index (κ1) is 25.3. The van der Waals surface area contributed by atoms with E-state index in [-0.39, 0.29) is 16.4 Å². The van der Waals surface area contributed by atoms with Crippen LogP contribution in [0.5, 0.6) is 11.5 Å². The van der Waals surface area contributed by atoms with Gasteiger partial charge in [-0.05, 0) is 70.7 Å². The predicted octanol–water partition coefficient (Wildman–Crippen LogP) is 5.22. The van der Waals surface area contributed by atoms with Crippen LogP contribution in [0.4, 0.5) is 0 Å². The highest BCUT2D eigenvalue weighted by Gasteiger charge is 2.37. The molecular formula is C28H34O6. The van der Waals surface area contributed by atoms with Gasteiger partial charge in [-0.2, -0.15) is 0 Å². The van der Waals surface area contributed by atoms with Gasteiger partial charge in [-0.15, -0.1) is 0 Å². The van der Waals surface area contributed by atoms with Crippen LogP contribution in [0.15, 0.2) is 48.0 Å². The third kappa shape index (κ3) is 5.79. The Kier molecular flexibility index (Phi) is 7.70. The SMILES string of the molecule is COC(=O)C(=Cc1ccc(OCCOc2ccc3c(c2)C(C)(C)CCC3(C)C)cc1)C(=O)OC. The van der Waals surface area contributed by atoms with Gasteiger partial charge in [0, 0.05) is 0 Å². The molecule has 6 heteroatoms. The van der Waals surface area contributed by atoms with Crippen LogP contribution in [-0.2, 0) is 29.9 Å². The van der Waals surface area contributed by atoms with Crippen LogP contribution in [0.2, 0.25) is 0 Å². The second-order valence-corrected chi connectivity index (χ2v) is 9.78. The van der Waals surface area contributed by atoms with Gasteiger partial charge in [0.05, 0.1) is 14.2 Å². The van der Waals surface area contributed by atoms with Crippen molar-refractivity contribution < 1.29 is 28.5 Å². The molecule has 0 atom stereocenters. The summed E-state index contributed by atoms with van der Waals surface area (Å²) in [7, 11) is 2.42. The van der Waals surface area contributed by atoms with E-state index in [4.69, 9.17) is 9.47 Å². The molecule has 0 aliphatic heterocycles. The molecule has 0 saturated carbocycles. The summed E-state index contributed by atoms with van der Waals surface area (Å²) >= 11 is 0. The summed E-state index contributed by atoms with van der Waals surface area (Å²) in [6.45, 7) is 10.0. The summed E-state index contributed by atoms with van der Waals surface area (Å²) in [6, 6.07) is 13.4. The molecule has 1 aliphatic carbocycles. The monoisotopic (exact) mass is 466 g/mol. The molecule has 3 rings (SSSR count). The molecule has 2 aromatic carbocycles. The smallest absolute Gasteiger partial charge is 0.345 e. The summed E-state index contributed by atoms with van der Waals surface area (Å²) < 4.78 is 21.0. The van der Waals surface area contributed by atoms with E-state index >= 15 is 0 Å². The van der Waals surface area contributed by atoms with Gasteiger partial charge in [0.1, 0.15) is 30.3 Å². The minimum Gasteiger partial charge on any atom is -0.490 e. The van der Waals surface area contributed by atoms with E-state index in [1.165, 1.54) is 37.8 Å². The van der Waals surface area contributed by atoms with Gasteiger partial charge in [0.15, 0.2) is 0 Å². The zero-order valence-electron chi connectivity index (χ0n) is 20.9. The first-order chi connectivity index (χ1) is 16.1. The molecule has 182 valence electrons. The Balaban J connectivity index is 1.58. The number of ether oxygens (including phenoxy) is 4. The Hall–Kier alpha value is -3.28. The third-order valence-electron chi connectivity index (χ3n) is 6.45. The van der Waals surface area contributed by atoms with Gasteiger partial charge >= 0.3 is 11.9 Å². The second-order valence-electron chi connectivity index (χ2n) is 9.78. The topological polar surface area (TPSA) is 71.1 Å². The van der Waals surface area contributed by atoms with Crippen LogP contribution in [-0.4, -0.2) is 39.4 Å². The van der Waals surface area contributed by atoms with E-state index in [1.807, 2.05) is 6.07 Å². The molecule has 0 bridgehead atoms. The summed E-state index contributed by atoms with van der Waals surface area (Å²) in [4.78, 5) is 23.6. The largest absolute Gasteiger partial charge is 0.490 e. The molecule has 0 unspecified atom stereocenters. The average molecular weight is 467 g/mol. The molecule has 0 aromatic heterocycles. The van der Waals surface area contributed by atoms with E-state index < -0.39 is 11.9 Å². The lowest BCUT2D eigenvalue weighted by molar-refractivity contribution is -0.143. The van der Waals surface area contributed by atoms with Crippen LogP contribution in [0, 0.1) is 0 Å². The molecule has 2 aromatic rings. The average Bonchev–Trinajstić information content (AvgIpc) is 2.83. The fourth-order valence-corrected chi connectivity index (χ4v) is 4.22. The van der Waals surface area contributed by atoms with Gasteiger partial charge in [0.25, 0.3) is 0 Å². The number of hydrogen-bond acceptors (Lipinski definition) is 6. The quantitative estimate of drug-likeness (QED) is 0.175. The number of hydrogen-bond donors (Lipinski definition) is 0. The Bertz CT molecular complexity index is 1040. The fraction of sp³-hybridized carbons (Fsp3) is 0.429.